The van der Waals surface area contributed by atoms with E-state index in [9.17, 15) is 0 Å². The molecule has 0 saturated carbocycles. The molecule has 0 saturated heterocycles. The van der Waals surface area contributed by atoms with Gasteiger partial charge in [0.15, 0.2) is 0 Å². The summed E-state index contributed by atoms with van der Waals surface area (Å²) in [4.78, 5) is 0. The van der Waals surface area contributed by atoms with Crippen LogP contribution in [-0.4, -0.2) is 40.6 Å². The third kappa shape index (κ3) is 18.1. The van der Waals surface area contributed by atoms with E-state index in [-0.39, 0.29) is 28.8 Å². The van der Waals surface area contributed by atoms with Gasteiger partial charge in [-0.25, -0.2) is 0 Å². The molecular formula is C6H16LiO3P. The topological polar surface area (TPSA) is 27.7 Å². The zero-order valence-corrected chi connectivity index (χ0v) is 8.79. The van der Waals surface area contributed by atoms with Gasteiger partial charge in [-0.15, -0.1) is 0 Å². The van der Waals surface area contributed by atoms with Gasteiger partial charge in [-0.3, -0.25) is 0 Å². The Balaban J connectivity index is -0.000000320. The first-order chi connectivity index (χ1) is 4.41. The molecule has 3 nitrogen and oxygen atoms in total. The van der Waals surface area contributed by atoms with Crippen LogP contribution in [0.4, 0.5) is 0 Å². The molecule has 0 heterocycles. The van der Waals surface area contributed by atoms with E-state index in [1.807, 2.05) is 0 Å². The zero-order valence-electron chi connectivity index (χ0n) is 7.63. The minimum absolute atomic E-state index is 0. The van der Waals surface area contributed by atoms with E-state index in [0.717, 1.165) is 0 Å². The average Bonchev–Trinajstić information content (AvgIpc) is 1.89. The smallest absolute Gasteiger partial charge is 0.577 e. The Morgan fingerprint density at radius 3 is 1.45 bits per heavy atom. The molecule has 11 heavy (non-hydrogen) atoms. The molecule has 0 aliphatic rings. The molecule has 0 N–H and O–H groups in total. The normalized spacial score (nSPS) is 8.18. The maximum atomic E-state index is 5.06. The summed E-state index contributed by atoms with van der Waals surface area (Å²) >= 11 is 0. The van der Waals surface area contributed by atoms with E-state index < -0.39 is 0 Å². The predicted molar refractivity (Wildman–Crippen MR) is 44.3 cm³/mol. The predicted octanol–water partition coefficient (Wildman–Crippen LogP) is -2.37. The Kier molecular flexibility index (Phi) is 27.8. The Bertz CT molecular complexity index is 51.1. The Morgan fingerprint density at radius 2 is 1.18 bits per heavy atom. The fourth-order valence-electron chi connectivity index (χ4n) is 0.387. The number of methoxy groups -OCH3 is 2. The van der Waals surface area contributed by atoms with Gasteiger partial charge in [0.05, 0.1) is 26.4 Å². The average molecular weight is 174 g/mol. The monoisotopic (exact) mass is 174 g/mol. The molecule has 0 aromatic carbocycles. The molecule has 64 valence electrons. The molecule has 0 bridgehead atoms. The Hall–Kier alpha value is 0.907. The van der Waals surface area contributed by atoms with Crippen molar-refractivity contribution in [3.8, 4) is 0 Å². The summed E-state index contributed by atoms with van der Waals surface area (Å²) in [5, 5.41) is 0. The molecule has 0 aromatic rings. The summed E-state index contributed by atoms with van der Waals surface area (Å²) < 4.78 is 14.6. The van der Waals surface area contributed by atoms with Gasteiger partial charge in [0.2, 0.25) is 0 Å². The van der Waals surface area contributed by atoms with E-state index >= 15 is 0 Å². The second-order valence-corrected chi connectivity index (χ2v) is 1.60. The Morgan fingerprint density at radius 1 is 0.818 bits per heavy atom. The van der Waals surface area contributed by atoms with E-state index in [2.05, 4.69) is 0 Å². The second-order valence-electron chi connectivity index (χ2n) is 1.60. The van der Waals surface area contributed by atoms with Crippen molar-refractivity contribution < 1.29 is 33.1 Å². The number of rotatable bonds is 6. The number of ether oxygens (including phenoxy) is 3. The minimum atomic E-state index is 0. The van der Waals surface area contributed by atoms with Crippen molar-refractivity contribution in [2.75, 3.05) is 40.6 Å². The molecule has 5 heteroatoms. The van der Waals surface area contributed by atoms with Crippen molar-refractivity contribution in [3.63, 3.8) is 0 Å². The minimum Gasteiger partial charge on any atom is -0.577 e. The van der Waals surface area contributed by atoms with Gasteiger partial charge < -0.3 is 24.1 Å². The van der Waals surface area contributed by atoms with Crippen molar-refractivity contribution in [3.05, 3.63) is 0 Å². The van der Waals surface area contributed by atoms with Gasteiger partial charge in [-0.05, 0) is 0 Å². The van der Waals surface area contributed by atoms with Crippen molar-refractivity contribution >= 4 is 9.90 Å². The third-order valence-electron chi connectivity index (χ3n) is 0.864. The van der Waals surface area contributed by atoms with Crippen LogP contribution < -0.4 is 18.9 Å². The molecular weight excluding hydrogens is 158 g/mol. The fraction of sp³-hybridized carbons (Fsp3) is 1.00. The molecule has 0 aromatic heterocycles. The van der Waals surface area contributed by atoms with Crippen LogP contribution in [0.25, 0.3) is 0 Å². The van der Waals surface area contributed by atoms with Gasteiger partial charge >= 0.3 is 18.9 Å². The summed E-state index contributed by atoms with van der Waals surface area (Å²) in [6.07, 6.45) is 0. The van der Waals surface area contributed by atoms with E-state index in [0.29, 0.717) is 26.4 Å². The first-order valence-electron chi connectivity index (χ1n) is 2.97. The number of hydrogen-bond acceptors (Lipinski definition) is 3. The van der Waals surface area contributed by atoms with Crippen molar-refractivity contribution in [1.82, 2.24) is 0 Å². The van der Waals surface area contributed by atoms with Gasteiger partial charge in [0.1, 0.15) is 0 Å². The van der Waals surface area contributed by atoms with Gasteiger partial charge in [-0.2, -0.15) is 0 Å². The van der Waals surface area contributed by atoms with Crippen LogP contribution in [0.5, 0.6) is 0 Å². The molecule has 0 aliphatic carbocycles. The first kappa shape index (κ1) is 17.9. The first-order valence-corrected chi connectivity index (χ1v) is 2.97. The molecule has 0 rings (SSSR count). The maximum absolute atomic E-state index is 5.06. The molecule has 0 atom stereocenters. The van der Waals surface area contributed by atoms with Crippen LogP contribution >= 0.6 is 9.90 Å². The van der Waals surface area contributed by atoms with Crippen LogP contribution in [0, 0.1) is 0 Å². The third-order valence-corrected chi connectivity index (χ3v) is 0.864. The van der Waals surface area contributed by atoms with Crippen LogP contribution in [0.1, 0.15) is 0 Å². The van der Waals surface area contributed by atoms with E-state index in [1.54, 1.807) is 14.2 Å². The molecule has 0 radical (unpaired) electrons. The van der Waals surface area contributed by atoms with E-state index in [1.165, 1.54) is 0 Å². The second kappa shape index (κ2) is 17.1. The molecule has 0 amide bonds. The van der Waals surface area contributed by atoms with Crippen molar-refractivity contribution in [1.29, 1.82) is 0 Å². The van der Waals surface area contributed by atoms with Gasteiger partial charge in [0, 0.05) is 14.2 Å². The molecule has 0 aliphatic heterocycles. The standard InChI is InChI=1S/C6H14O3.Li.H2P/c1-7-3-5-9-6-4-8-2;;/h3-6H2,1-2H3;;1H2/q;+1;-1. The van der Waals surface area contributed by atoms with Crippen LogP contribution in [0.3, 0.4) is 0 Å². The molecule has 0 spiro atoms. The SMILES string of the molecule is COCCOCCOC.[Li+].[PH2-]. The van der Waals surface area contributed by atoms with Crippen LogP contribution in [0.15, 0.2) is 0 Å². The fourth-order valence-corrected chi connectivity index (χ4v) is 0.387. The van der Waals surface area contributed by atoms with E-state index in [4.69, 9.17) is 14.2 Å². The van der Waals surface area contributed by atoms with Crippen LogP contribution in [-0.2, 0) is 14.2 Å². The number of hydrogen-bond donors (Lipinski definition) is 0. The van der Waals surface area contributed by atoms with Gasteiger partial charge in [-0.1, -0.05) is 0 Å². The molecule has 0 unspecified atom stereocenters. The summed E-state index contributed by atoms with van der Waals surface area (Å²) in [5.41, 5.74) is 0. The summed E-state index contributed by atoms with van der Waals surface area (Å²) in [6.45, 7) is 2.62. The van der Waals surface area contributed by atoms with Crippen molar-refractivity contribution in [2.45, 2.75) is 0 Å². The summed E-state index contributed by atoms with van der Waals surface area (Å²) in [5.74, 6) is 0. The maximum Gasteiger partial charge on any atom is 1.00 e. The zero-order chi connectivity index (χ0) is 6.95. The largest absolute Gasteiger partial charge is 1.00 e. The molecule has 0 fully saturated rings. The quantitative estimate of drug-likeness (QED) is 0.256. The van der Waals surface area contributed by atoms with Crippen LogP contribution in [0.2, 0.25) is 0 Å². The van der Waals surface area contributed by atoms with Crippen molar-refractivity contribution in [2.24, 2.45) is 0 Å². The summed E-state index contributed by atoms with van der Waals surface area (Å²) in [6, 6.07) is 0. The Labute approximate surface area is 84.0 Å². The van der Waals surface area contributed by atoms with Gasteiger partial charge in [0.25, 0.3) is 0 Å². The summed E-state index contributed by atoms with van der Waals surface area (Å²) in [7, 11) is 3.30.